The van der Waals surface area contributed by atoms with E-state index in [0.29, 0.717) is 23.6 Å². The maximum absolute atomic E-state index is 13.5. The molecule has 9 heteroatoms. The summed E-state index contributed by atoms with van der Waals surface area (Å²) in [5.74, 6) is 0.252. The van der Waals surface area contributed by atoms with Gasteiger partial charge in [0.1, 0.15) is 11.6 Å². The molecule has 0 bridgehead atoms. The Hall–Kier alpha value is -3.85. The van der Waals surface area contributed by atoms with Crippen molar-refractivity contribution in [2.45, 2.75) is 6.92 Å². The highest BCUT2D eigenvalue weighted by Gasteiger charge is 2.19. The lowest BCUT2D eigenvalue weighted by Gasteiger charge is -2.11. The molecule has 0 saturated carbocycles. The topological polar surface area (TPSA) is 79.0 Å². The molecule has 0 unspecified atom stereocenters. The molecule has 0 aliphatic heterocycles. The molecule has 5 rings (SSSR count). The second-order valence-corrected chi connectivity index (χ2v) is 7.68. The van der Waals surface area contributed by atoms with E-state index in [-0.39, 0.29) is 16.2 Å². The number of hydrogen-bond acceptors (Lipinski definition) is 6. The Balaban J connectivity index is 1.82. The van der Waals surface area contributed by atoms with E-state index >= 15 is 0 Å². The van der Waals surface area contributed by atoms with Gasteiger partial charge in [0, 0.05) is 6.20 Å². The second-order valence-electron chi connectivity index (χ2n) is 6.67. The van der Waals surface area contributed by atoms with Crippen LogP contribution < -0.4 is 16.0 Å². The lowest BCUT2D eigenvalue weighted by Crippen LogP contribution is -2.38. The molecule has 0 spiro atoms. The predicted octanol–water partition coefficient (Wildman–Crippen LogP) is 3.68. The first-order valence-corrected chi connectivity index (χ1v) is 10.3. The Morgan fingerprint density at radius 3 is 2.65 bits per heavy atom. The summed E-state index contributed by atoms with van der Waals surface area (Å²) in [4.78, 5) is 35.4. The van der Waals surface area contributed by atoms with E-state index in [0.717, 1.165) is 9.27 Å². The summed E-state index contributed by atoms with van der Waals surface area (Å²) < 4.78 is 22.1. The lowest BCUT2D eigenvalue weighted by molar-refractivity contribution is 0.341. The van der Waals surface area contributed by atoms with Gasteiger partial charge in [-0.1, -0.05) is 11.3 Å². The Morgan fingerprint density at radius 1 is 1.06 bits per heavy atom. The van der Waals surface area contributed by atoms with Crippen molar-refractivity contribution in [3.63, 3.8) is 0 Å². The molecular formula is C22H15FN4O3S. The molecule has 0 saturated heterocycles. The van der Waals surface area contributed by atoms with Crippen LogP contribution in [0.3, 0.4) is 0 Å². The van der Waals surface area contributed by atoms with Gasteiger partial charge in [0.05, 0.1) is 27.9 Å². The zero-order valence-corrected chi connectivity index (χ0v) is 17.1. The standard InChI is InChI=1S/C22H15FN4O3S/c1-2-30-15-9-10-17-18(12-15)31-21(25-17)27-20(28)16-4-3-11-24-19(16)26(22(27)29)14-7-5-13(23)6-8-14/h3-12H,2H2,1H3. The van der Waals surface area contributed by atoms with E-state index < -0.39 is 17.1 Å². The smallest absolute Gasteiger partial charge is 0.343 e. The van der Waals surface area contributed by atoms with Crippen molar-refractivity contribution in [3.05, 3.63) is 87.4 Å². The van der Waals surface area contributed by atoms with Crippen LogP contribution >= 0.6 is 11.3 Å². The number of pyridine rings is 1. The van der Waals surface area contributed by atoms with Crippen LogP contribution in [0, 0.1) is 5.82 Å². The molecule has 0 atom stereocenters. The maximum Gasteiger partial charge on any atom is 0.343 e. The Labute approximate surface area is 178 Å². The van der Waals surface area contributed by atoms with Crippen LogP contribution in [0.15, 0.2) is 70.4 Å². The third-order valence-electron chi connectivity index (χ3n) is 4.75. The summed E-state index contributed by atoms with van der Waals surface area (Å²) in [5.41, 5.74) is 0.0838. The van der Waals surface area contributed by atoms with Gasteiger partial charge in [-0.05, 0) is 61.5 Å². The molecule has 3 heterocycles. The van der Waals surface area contributed by atoms with Gasteiger partial charge < -0.3 is 4.74 Å². The number of thiazole rings is 1. The zero-order chi connectivity index (χ0) is 21.5. The van der Waals surface area contributed by atoms with Gasteiger partial charge in [-0.2, -0.15) is 0 Å². The van der Waals surface area contributed by atoms with Gasteiger partial charge in [0.2, 0.25) is 5.13 Å². The van der Waals surface area contributed by atoms with Gasteiger partial charge in [0.25, 0.3) is 5.56 Å². The fraction of sp³-hybridized carbons (Fsp3) is 0.0909. The molecule has 3 aromatic heterocycles. The molecule has 154 valence electrons. The van der Waals surface area contributed by atoms with Crippen molar-refractivity contribution < 1.29 is 9.13 Å². The van der Waals surface area contributed by atoms with E-state index in [1.165, 1.54) is 46.4 Å². The van der Waals surface area contributed by atoms with Crippen LogP contribution in [0.25, 0.3) is 32.1 Å². The number of nitrogens with zero attached hydrogens (tertiary/aromatic N) is 4. The highest BCUT2D eigenvalue weighted by molar-refractivity contribution is 7.20. The van der Waals surface area contributed by atoms with Crippen LogP contribution in [-0.4, -0.2) is 25.7 Å². The maximum atomic E-state index is 13.5. The highest BCUT2D eigenvalue weighted by atomic mass is 32.1. The molecule has 5 aromatic rings. The normalized spacial score (nSPS) is 11.3. The van der Waals surface area contributed by atoms with Crippen LogP contribution in [0.4, 0.5) is 4.39 Å². The van der Waals surface area contributed by atoms with Gasteiger partial charge in [0.15, 0.2) is 5.65 Å². The molecule has 0 fully saturated rings. The van der Waals surface area contributed by atoms with Gasteiger partial charge in [-0.15, -0.1) is 0 Å². The second kappa shape index (κ2) is 7.44. The minimum absolute atomic E-state index is 0.195. The van der Waals surface area contributed by atoms with E-state index in [2.05, 4.69) is 9.97 Å². The third-order valence-corrected chi connectivity index (χ3v) is 5.75. The number of benzene rings is 2. The van der Waals surface area contributed by atoms with Crippen LogP contribution in [0.1, 0.15) is 6.92 Å². The monoisotopic (exact) mass is 434 g/mol. The molecule has 0 aliphatic rings. The van der Waals surface area contributed by atoms with Crippen molar-refractivity contribution >= 4 is 32.6 Å². The number of fused-ring (bicyclic) bond motifs is 2. The number of aromatic nitrogens is 4. The van der Waals surface area contributed by atoms with Gasteiger partial charge in [-0.25, -0.2) is 28.3 Å². The molecule has 0 N–H and O–H groups in total. The van der Waals surface area contributed by atoms with Crippen LogP contribution in [0.5, 0.6) is 5.75 Å². The van der Waals surface area contributed by atoms with Crippen molar-refractivity contribution in [1.82, 2.24) is 19.1 Å². The minimum Gasteiger partial charge on any atom is -0.494 e. The highest BCUT2D eigenvalue weighted by Crippen LogP contribution is 2.28. The van der Waals surface area contributed by atoms with E-state index in [4.69, 9.17) is 4.74 Å². The summed E-state index contributed by atoms with van der Waals surface area (Å²) in [6.45, 7) is 2.42. The number of ether oxygens (including phenoxy) is 1. The molecular weight excluding hydrogens is 419 g/mol. The van der Waals surface area contributed by atoms with Crippen LogP contribution in [-0.2, 0) is 0 Å². The number of hydrogen-bond donors (Lipinski definition) is 0. The Bertz CT molecular complexity index is 1550. The quantitative estimate of drug-likeness (QED) is 0.431. The van der Waals surface area contributed by atoms with Gasteiger partial charge in [-0.3, -0.25) is 4.79 Å². The zero-order valence-electron chi connectivity index (χ0n) is 16.3. The Morgan fingerprint density at radius 2 is 1.87 bits per heavy atom. The molecule has 2 aromatic carbocycles. The summed E-state index contributed by atoms with van der Waals surface area (Å²) in [6.07, 6.45) is 1.50. The fourth-order valence-corrected chi connectivity index (χ4v) is 4.36. The summed E-state index contributed by atoms with van der Waals surface area (Å²) >= 11 is 1.21. The van der Waals surface area contributed by atoms with Gasteiger partial charge >= 0.3 is 5.69 Å². The van der Waals surface area contributed by atoms with Crippen molar-refractivity contribution in [2.24, 2.45) is 0 Å². The molecule has 0 radical (unpaired) electrons. The molecule has 0 amide bonds. The van der Waals surface area contributed by atoms with Crippen molar-refractivity contribution in [3.8, 4) is 16.6 Å². The summed E-state index contributed by atoms with van der Waals surface area (Å²) in [6, 6.07) is 14.1. The summed E-state index contributed by atoms with van der Waals surface area (Å²) in [5, 5.41) is 0.487. The van der Waals surface area contributed by atoms with E-state index in [1.807, 2.05) is 13.0 Å². The molecule has 7 nitrogen and oxygen atoms in total. The van der Waals surface area contributed by atoms with Crippen molar-refractivity contribution in [2.75, 3.05) is 6.61 Å². The predicted molar refractivity (Wildman–Crippen MR) is 117 cm³/mol. The largest absolute Gasteiger partial charge is 0.494 e. The van der Waals surface area contributed by atoms with Crippen molar-refractivity contribution in [1.29, 1.82) is 0 Å². The first-order chi connectivity index (χ1) is 15.1. The SMILES string of the molecule is CCOc1ccc2nc(-n3c(=O)c4cccnc4n(-c4ccc(F)cc4)c3=O)sc2c1. The molecule has 31 heavy (non-hydrogen) atoms. The van der Waals surface area contributed by atoms with E-state index in [9.17, 15) is 14.0 Å². The number of halogens is 1. The average Bonchev–Trinajstić information content (AvgIpc) is 3.18. The average molecular weight is 434 g/mol. The Kier molecular flexibility index (Phi) is 4.59. The first kappa shape index (κ1) is 19.1. The minimum atomic E-state index is -0.633. The third kappa shape index (κ3) is 3.19. The fourth-order valence-electron chi connectivity index (χ4n) is 3.38. The first-order valence-electron chi connectivity index (χ1n) is 9.49. The van der Waals surface area contributed by atoms with E-state index in [1.54, 1.807) is 24.3 Å². The lowest BCUT2D eigenvalue weighted by atomic mass is 10.3. The van der Waals surface area contributed by atoms with Crippen LogP contribution in [0.2, 0.25) is 0 Å². The molecule has 0 aliphatic carbocycles. The summed E-state index contributed by atoms with van der Waals surface area (Å²) in [7, 11) is 0. The number of rotatable bonds is 4.